The second-order valence-electron chi connectivity index (χ2n) is 17.8. The van der Waals surface area contributed by atoms with E-state index in [1.54, 1.807) is 92.7 Å². The van der Waals surface area contributed by atoms with Gasteiger partial charge in [0.15, 0.2) is 23.6 Å². The van der Waals surface area contributed by atoms with Crippen LogP contribution in [-0.2, 0) is 42.9 Å². The molecule has 1 heterocycles. The number of ketones is 1. The van der Waals surface area contributed by atoms with Gasteiger partial charge in [0.05, 0.1) is 35.6 Å². The number of hydrogen-bond acceptors (Lipinski definition) is 16. The summed E-state index contributed by atoms with van der Waals surface area (Å²) in [5, 5.41) is 47.7. The molecule has 0 aromatic heterocycles. The number of hydrogen-bond donors (Lipinski definition) is 7. The maximum atomic E-state index is 15.5. The Labute approximate surface area is 385 Å². The highest BCUT2D eigenvalue weighted by Gasteiger charge is 2.78. The highest BCUT2D eigenvalue weighted by molar-refractivity contribution is 5.96. The number of aliphatic hydroxyl groups is 3. The van der Waals surface area contributed by atoms with Gasteiger partial charge in [-0.1, -0.05) is 80.6 Å². The van der Waals surface area contributed by atoms with E-state index in [0.29, 0.717) is 5.56 Å². The van der Waals surface area contributed by atoms with Crippen LogP contribution in [0.5, 0.6) is 0 Å². The summed E-state index contributed by atoms with van der Waals surface area (Å²) in [7, 11) is 0. The number of carbonyl (C=O) groups is 7. The largest absolute Gasteiger partial charge is 0.456 e. The molecule has 11 atom stereocenters. The zero-order valence-corrected chi connectivity index (χ0v) is 37.7. The number of hydroxylamine groups is 1. The number of aliphatic hydroxyl groups excluding tert-OH is 2. The molecule has 3 aliphatic carbocycles. The summed E-state index contributed by atoms with van der Waals surface area (Å²) >= 11 is 0. The van der Waals surface area contributed by atoms with Crippen molar-refractivity contribution in [1.82, 2.24) is 10.8 Å². The van der Waals surface area contributed by atoms with E-state index in [-0.39, 0.29) is 35.3 Å². The molecular weight excluding hydrogens is 875 g/mol. The molecule has 3 aromatic rings. The number of nitrogens with two attached hydrogens (primary N) is 1. The summed E-state index contributed by atoms with van der Waals surface area (Å²) in [4.78, 5) is 92.7. The van der Waals surface area contributed by atoms with Gasteiger partial charge in [0, 0.05) is 37.7 Å². The molecule has 8 N–H and O–H groups in total. The molecular formula is C48H55N3O16. The number of benzene rings is 3. The first-order chi connectivity index (χ1) is 31.5. The average molecular weight is 930 g/mol. The van der Waals surface area contributed by atoms with Crippen LogP contribution in [0, 0.1) is 16.7 Å². The lowest BCUT2D eigenvalue weighted by Gasteiger charge is -2.67. The summed E-state index contributed by atoms with van der Waals surface area (Å²) in [6.07, 6.45) is -10.5. The molecule has 2 bridgehead atoms. The Bertz CT molecular complexity index is 2410. The number of carbonyl (C=O) groups excluding carboxylic acids is 7. The van der Waals surface area contributed by atoms with E-state index in [9.17, 15) is 44.1 Å². The monoisotopic (exact) mass is 929 g/mol. The quantitative estimate of drug-likeness (QED) is 0.0506. The maximum absolute atomic E-state index is 15.5. The van der Waals surface area contributed by atoms with Crippen molar-refractivity contribution in [1.29, 1.82) is 0 Å². The van der Waals surface area contributed by atoms with Gasteiger partial charge in [-0.2, -0.15) is 0 Å². The van der Waals surface area contributed by atoms with E-state index in [1.807, 2.05) is 0 Å². The van der Waals surface area contributed by atoms with Gasteiger partial charge in [-0.25, -0.2) is 19.9 Å². The standard InChI is InChI=1S/C47H51NO14.CH4N2O2/c1-25-31(60-43(56)36(52)35(28-16-10-7-11-17-28)48-41(54)29-18-12-8-13-19-29)23-47(57)40(61-42(55)30-20-14-9-15-21-30)38-45(6,32(51)22-33-46(38,24-58-33)62-27(3)50)39(53)37(59-26(2)49)34(25)44(47,4)5;2-1(4)3-5/h7-21,31-33,35-38,40,51-52,57H,22-24H2,1-6H3,(H,48,54);5H,(H3,2,3,4)/t31-,32-,33+,35-,36+,37+,38-,40-,45+,46-,47+;/m0./s1. The van der Waals surface area contributed by atoms with E-state index in [2.05, 4.69) is 11.1 Å². The number of primary amides is 1. The van der Waals surface area contributed by atoms with Gasteiger partial charge in [-0.3, -0.25) is 24.4 Å². The second kappa shape index (κ2) is 19.4. The number of fused-ring (bicyclic) bond motifs is 5. The van der Waals surface area contributed by atoms with Crippen LogP contribution < -0.4 is 16.5 Å². The fraction of sp³-hybridized carbons (Fsp3) is 0.438. The topological polar surface area (TPSA) is 297 Å². The molecule has 0 radical (unpaired) electrons. The zero-order chi connectivity index (χ0) is 49.2. The third kappa shape index (κ3) is 9.16. The SMILES string of the molecule is CC(=O)O[C@H]1C(=O)[C@@]2(C)[C@H]([C@H](OC(=O)c3ccccc3)[C@]3(O)C[C@H](OC(=O)[C@H](O)[C@@H](NC(=O)c4ccccc4)c4ccccc4)C(C)=C1C3(C)C)[C@]1(OC(C)=O)CO[C@@H]1C[C@@H]2O.NC(=O)NO. The molecule has 3 aromatic carbocycles. The van der Waals surface area contributed by atoms with Crippen molar-refractivity contribution in [2.24, 2.45) is 22.5 Å². The minimum atomic E-state index is -2.39. The number of esters is 4. The molecule has 19 heteroatoms. The predicted molar refractivity (Wildman–Crippen MR) is 232 cm³/mol. The summed E-state index contributed by atoms with van der Waals surface area (Å²) in [5.74, 6) is -6.84. The second-order valence-corrected chi connectivity index (χ2v) is 17.8. The van der Waals surface area contributed by atoms with E-state index in [1.165, 1.54) is 31.5 Å². The van der Waals surface area contributed by atoms with E-state index < -0.39 is 119 Å². The van der Waals surface area contributed by atoms with Crippen LogP contribution in [0.15, 0.2) is 102 Å². The summed E-state index contributed by atoms with van der Waals surface area (Å²) in [6.45, 7) is 7.97. The predicted octanol–water partition coefficient (Wildman–Crippen LogP) is 2.78. The van der Waals surface area contributed by atoms with Gasteiger partial charge < -0.3 is 50.1 Å². The van der Waals surface area contributed by atoms with Gasteiger partial charge in [0.2, 0.25) is 0 Å². The van der Waals surface area contributed by atoms with Crippen molar-refractivity contribution in [3.05, 3.63) is 119 Å². The lowest BCUT2D eigenvalue weighted by Crippen LogP contribution is -2.82. The summed E-state index contributed by atoms with van der Waals surface area (Å²) < 4.78 is 30.3. The Morgan fingerprint density at radius 3 is 1.90 bits per heavy atom. The van der Waals surface area contributed by atoms with Gasteiger partial charge in [0.1, 0.15) is 23.9 Å². The Balaban J connectivity index is 0.00000141. The van der Waals surface area contributed by atoms with Crippen LogP contribution in [-0.4, -0.2) is 117 Å². The van der Waals surface area contributed by atoms with Gasteiger partial charge in [-0.05, 0) is 54.8 Å². The molecule has 3 fully saturated rings. The molecule has 0 unspecified atom stereocenters. The molecule has 1 aliphatic heterocycles. The smallest absolute Gasteiger partial charge is 0.338 e. The Kier molecular flexibility index (Phi) is 14.4. The van der Waals surface area contributed by atoms with E-state index in [4.69, 9.17) is 28.9 Å². The molecule has 4 aliphatic rings. The van der Waals surface area contributed by atoms with Crippen molar-refractivity contribution in [2.75, 3.05) is 6.61 Å². The van der Waals surface area contributed by atoms with Gasteiger partial charge in [0.25, 0.3) is 5.91 Å². The number of ether oxygens (including phenoxy) is 5. The third-order valence-electron chi connectivity index (χ3n) is 13.6. The summed E-state index contributed by atoms with van der Waals surface area (Å²) in [6, 6.07) is 22.0. The van der Waals surface area contributed by atoms with Crippen LogP contribution >= 0.6 is 0 Å². The average Bonchev–Trinajstić information content (AvgIpc) is 3.29. The van der Waals surface area contributed by atoms with Crippen LogP contribution in [0.4, 0.5) is 4.79 Å². The van der Waals surface area contributed by atoms with Gasteiger partial charge in [-0.15, -0.1) is 0 Å². The zero-order valence-electron chi connectivity index (χ0n) is 37.7. The van der Waals surface area contributed by atoms with Crippen molar-refractivity contribution >= 4 is 41.6 Å². The van der Waals surface area contributed by atoms with Crippen molar-refractivity contribution in [2.45, 2.75) is 108 Å². The van der Waals surface area contributed by atoms with Crippen LogP contribution in [0.1, 0.15) is 86.7 Å². The van der Waals surface area contributed by atoms with Crippen LogP contribution in [0.2, 0.25) is 0 Å². The molecule has 2 saturated carbocycles. The molecule has 19 nitrogen and oxygen atoms in total. The Hall–Kier alpha value is -6.51. The first-order valence-electron chi connectivity index (χ1n) is 21.4. The molecule has 7 rings (SSSR count). The van der Waals surface area contributed by atoms with Gasteiger partial charge >= 0.3 is 29.9 Å². The van der Waals surface area contributed by atoms with Crippen LogP contribution in [0.3, 0.4) is 0 Å². The molecule has 0 spiro atoms. The lowest BCUT2D eigenvalue weighted by atomic mass is 9.44. The summed E-state index contributed by atoms with van der Waals surface area (Å²) in [5.41, 5.74) is -1.56. The third-order valence-corrected chi connectivity index (χ3v) is 13.6. The number of Topliss-reactive ketones (excluding diaryl/α,β-unsaturated/α-hetero) is 1. The normalized spacial score (nSPS) is 30.0. The highest BCUT2D eigenvalue weighted by atomic mass is 16.6. The highest BCUT2D eigenvalue weighted by Crippen LogP contribution is 2.64. The Morgan fingerprint density at radius 1 is 0.836 bits per heavy atom. The van der Waals surface area contributed by atoms with Crippen molar-refractivity contribution < 1.29 is 77.8 Å². The minimum absolute atomic E-state index is 0.00289. The molecule has 67 heavy (non-hydrogen) atoms. The van der Waals surface area contributed by atoms with Crippen molar-refractivity contribution in [3.63, 3.8) is 0 Å². The fourth-order valence-corrected chi connectivity index (χ4v) is 10.2. The maximum Gasteiger partial charge on any atom is 0.338 e. The molecule has 358 valence electrons. The minimum Gasteiger partial charge on any atom is -0.456 e. The van der Waals surface area contributed by atoms with Crippen molar-refractivity contribution in [3.8, 4) is 0 Å². The van der Waals surface area contributed by atoms with E-state index in [0.717, 1.165) is 13.8 Å². The van der Waals surface area contributed by atoms with Crippen LogP contribution in [0.25, 0.3) is 0 Å². The lowest BCUT2D eigenvalue weighted by molar-refractivity contribution is -0.346. The first-order valence-corrected chi connectivity index (χ1v) is 21.4. The Morgan fingerprint density at radius 2 is 1.39 bits per heavy atom. The molecule has 1 saturated heterocycles. The fourth-order valence-electron chi connectivity index (χ4n) is 10.2. The van der Waals surface area contributed by atoms with E-state index >= 15 is 4.79 Å². The first kappa shape index (κ1) is 49.9. The number of amides is 3. The number of nitrogens with one attached hydrogen (secondary N) is 2. The number of urea groups is 1. The number of rotatable bonds is 10. The molecule has 3 amide bonds.